The summed E-state index contributed by atoms with van der Waals surface area (Å²) in [6, 6.07) is 10.6. The average molecular weight is 713 g/mol. The lowest BCUT2D eigenvalue weighted by Gasteiger charge is -2.48. The maximum atomic E-state index is 15.5. The van der Waals surface area contributed by atoms with Crippen molar-refractivity contribution >= 4 is 39.1 Å². The number of halogens is 4. The van der Waals surface area contributed by atoms with Crippen molar-refractivity contribution in [2.75, 3.05) is 39.2 Å². The number of hydrogen-bond donors (Lipinski definition) is 2. The number of aliphatic hydroxyl groups excluding tert-OH is 1. The molecule has 2 aliphatic rings. The molecule has 1 fully saturated rings. The molecule has 2 heterocycles. The molecule has 2 amide bonds. The third-order valence-corrected chi connectivity index (χ3v) is 11.1. The Hall–Kier alpha value is -4.05. The van der Waals surface area contributed by atoms with Crippen molar-refractivity contribution in [3.63, 3.8) is 0 Å². The van der Waals surface area contributed by atoms with Crippen molar-refractivity contribution in [1.29, 1.82) is 0 Å². The number of anilines is 1. The van der Waals surface area contributed by atoms with E-state index in [2.05, 4.69) is 10.1 Å². The predicted molar refractivity (Wildman–Crippen MR) is 168 cm³/mol. The van der Waals surface area contributed by atoms with E-state index in [1.165, 1.54) is 39.5 Å². The minimum Gasteiger partial charge on any atom is -0.497 e. The number of carbonyl (C=O) groups excluding carboxylic acids is 2. The number of amides is 2. The fourth-order valence-corrected chi connectivity index (χ4v) is 8.77. The van der Waals surface area contributed by atoms with E-state index in [9.17, 15) is 31.5 Å². The normalized spacial score (nSPS) is 24.0. The molecule has 0 aromatic heterocycles. The molecule has 0 saturated carbocycles. The number of nitrogens with zero attached hydrogens (tertiary/aromatic N) is 2. The Morgan fingerprint density at radius 2 is 1.79 bits per heavy atom. The molecule has 11 nitrogen and oxygen atoms in total. The highest BCUT2D eigenvalue weighted by molar-refractivity contribution is 7.93. The van der Waals surface area contributed by atoms with Gasteiger partial charge >= 0.3 is 12.3 Å². The second kappa shape index (κ2) is 12.4. The zero-order chi connectivity index (χ0) is 35.4. The van der Waals surface area contributed by atoms with Crippen LogP contribution in [-0.2, 0) is 31.6 Å². The van der Waals surface area contributed by atoms with Crippen molar-refractivity contribution in [3.8, 4) is 17.2 Å². The first-order chi connectivity index (χ1) is 22.5. The number of quaternary nitrogens is 1. The van der Waals surface area contributed by atoms with Crippen molar-refractivity contribution in [2.45, 2.75) is 48.7 Å². The maximum Gasteiger partial charge on any atom is 0.573 e. The summed E-state index contributed by atoms with van der Waals surface area (Å²) < 4.78 is 84.9. The van der Waals surface area contributed by atoms with Gasteiger partial charge < -0.3 is 24.6 Å². The van der Waals surface area contributed by atoms with E-state index >= 15 is 4.79 Å². The Kier molecular flexibility index (Phi) is 9.14. The van der Waals surface area contributed by atoms with Crippen molar-refractivity contribution in [1.82, 2.24) is 5.32 Å². The fraction of sp³-hybridized carbons (Fsp3) is 0.375. The van der Waals surface area contributed by atoms with Crippen LogP contribution in [0.1, 0.15) is 30.0 Å². The lowest BCUT2D eigenvalue weighted by molar-refractivity contribution is -0.953. The maximum absolute atomic E-state index is 15.5. The van der Waals surface area contributed by atoms with E-state index in [1.54, 1.807) is 25.2 Å². The van der Waals surface area contributed by atoms with Crippen LogP contribution in [0, 0.1) is 0 Å². The van der Waals surface area contributed by atoms with E-state index in [-0.39, 0.29) is 46.3 Å². The Labute approximate surface area is 280 Å². The van der Waals surface area contributed by atoms with Crippen molar-refractivity contribution in [3.05, 3.63) is 76.3 Å². The molecule has 0 radical (unpaired) electrons. The van der Waals surface area contributed by atoms with Gasteiger partial charge in [0.15, 0.2) is 11.8 Å². The van der Waals surface area contributed by atoms with E-state index in [0.29, 0.717) is 10.7 Å². The first-order valence-corrected chi connectivity index (χ1v) is 16.6. The summed E-state index contributed by atoms with van der Waals surface area (Å²) in [5.41, 5.74) is -1.44. The molecular weight excluding hydrogens is 679 g/mol. The van der Waals surface area contributed by atoms with Gasteiger partial charge in [-0.1, -0.05) is 24.6 Å². The van der Waals surface area contributed by atoms with Crippen LogP contribution in [0.25, 0.3) is 0 Å². The van der Waals surface area contributed by atoms with Crippen LogP contribution in [0.5, 0.6) is 17.2 Å². The van der Waals surface area contributed by atoms with Gasteiger partial charge in [0, 0.05) is 24.6 Å². The number of rotatable bonds is 9. The molecule has 3 aromatic rings. The number of carbonyl (C=O) groups is 2. The zero-order valence-electron chi connectivity index (χ0n) is 26.6. The Morgan fingerprint density at radius 3 is 2.40 bits per heavy atom. The standard InChI is InChI=1S/C32H33ClF3N3O8S/c1-6-18-7-11-26(46-5)23(13-18)31(39(3)17-20(40)15-25(39)29(41)37-2)22-14-19(33)8-10-24(22)38(30(31)42)48(43,44)28-12-9-21(45-4)16-27(28)47-32(34,35)36/h7-14,16,20,25,40H,6,15,17H2,1-5H3/p+1/t20-,25+,31?,39?/m1/s1. The number of sulfonamides is 1. The lowest BCUT2D eigenvalue weighted by atomic mass is 9.78. The number of nitrogens with one attached hydrogen (secondary N) is 1. The van der Waals surface area contributed by atoms with Crippen LogP contribution in [0.4, 0.5) is 18.9 Å². The smallest absolute Gasteiger partial charge is 0.497 e. The Bertz CT molecular complexity index is 1890. The highest BCUT2D eigenvalue weighted by Crippen LogP contribution is 2.58. The number of alkyl halides is 3. The predicted octanol–water partition coefficient (Wildman–Crippen LogP) is 4.12. The first kappa shape index (κ1) is 35.3. The number of likely N-dealkylation sites (N-methyl/N-ethyl adjacent to an activating group) is 2. The highest BCUT2D eigenvalue weighted by atomic mass is 35.5. The number of likely N-dealkylation sites (tertiary alicyclic amines) is 1. The SMILES string of the molecule is CCc1ccc(OC)c(C2([N+]3(C)C[C@H](O)C[C@H]3C(=O)NC)C(=O)N(S(=O)(=O)c3ccc(OC)cc3OC(F)(F)F)c3ccc(Cl)cc32)c1. The average Bonchev–Trinajstić information content (AvgIpc) is 3.49. The minimum absolute atomic E-state index is 0.0347. The number of ether oxygens (including phenoxy) is 3. The van der Waals surface area contributed by atoms with Crippen LogP contribution >= 0.6 is 11.6 Å². The van der Waals surface area contributed by atoms with Gasteiger partial charge in [-0.05, 0) is 54.4 Å². The molecule has 2 N–H and O–H groups in total. The van der Waals surface area contributed by atoms with Gasteiger partial charge in [-0.15, -0.1) is 13.2 Å². The zero-order valence-corrected chi connectivity index (χ0v) is 28.2. The summed E-state index contributed by atoms with van der Waals surface area (Å²) in [7, 11) is 0.260. The molecule has 48 heavy (non-hydrogen) atoms. The summed E-state index contributed by atoms with van der Waals surface area (Å²) in [5.74, 6) is -2.78. The minimum atomic E-state index is -5.31. The molecule has 0 bridgehead atoms. The molecule has 2 aliphatic heterocycles. The summed E-state index contributed by atoms with van der Waals surface area (Å²) in [6.45, 7) is 1.67. The van der Waals surface area contributed by atoms with E-state index in [4.69, 9.17) is 21.1 Å². The molecule has 4 atom stereocenters. The third kappa shape index (κ3) is 5.42. The van der Waals surface area contributed by atoms with Crippen molar-refractivity contribution in [2.24, 2.45) is 0 Å². The van der Waals surface area contributed by atoms with Gasteiger partial charge in [-0.2, -0.15) is 4.31 Å². The van der Waals surface area contributed by atoms with E-state index in [1.807, 2.05) is 6.92 Å². The van der Waals surface area contributed by atoms with Gasteiger partial charge in [0.2, 0.25) is 5.54 Å². The molecule has 16 heteroatoms. The molecular formula is C32H34ClF3N3O8S+. The van der Waals surface area contributed by atoms with Crippen molar-refractivity contribution < 1.29 is 55.0 Å². The second-order valence-electron chi connectivity index (χ2n) is 11.7. The highest BCUT2D eigenvalue weighted by Gasteiger charge is 2.72. The van der Waals surface area contributed by atoms with Gasteiger partial charge in [-0.25, -0.2) is 8.42 Å². The lowest BCUT2D eigenvalue weighted by Crippen LogP contribution is -2.69. The number of benzene rings is 3. The third-order valence-electron chi connectivity index (χ3n) is 9.11. The Morgan fingerprint density at radius 1 is 1.08 bits per heavy atom. The van der Waals surface area contributed by atoms with Gasteiger partial charge in [-0.3, -0.25) is 14.1 Å². The molecule has 1 saturated heterocycles. The molecule has 0 aliphatic carbocycles. The largest absolute Gasteiger partial charge is 0.573 e. The van der Waals surface area contributed by atoms with E-state index < -0.39 is 61.0 Å². The molecule has 5 rings (SSSR count). The summed E-state index contributed by atoms with van der Waals surface area (Å²) in [4.78, 5) is 28.0. The molecule has 2 unspecified atom stereocenters. The quantitative estimate of drug-likeness (QED) is 0.317. The number of hydrogen-bond acceptors (Lipinski definition) is 8. The number of methoxy groups -OCH3 is 2. The number of aliphatic hydroxyl groups is 1. The first-order valence-electron chi connectivity index (χ1n) is 14.8. The van der Waals surface area contributed by atoms with Crippen LogP contribution in [0.3, 0.4) is 0 Å². The van der Waals surface area contributed by atoms with Gasteiger partial charge in [0.25, 0.3) is 15.9 Å². The van der Waals surface area contributed by atoms with Crippen LogP contribution in [-0.4, -0.2) is 83.2 Å². The van der Waals surface area contributed by atoms with E-state index in [0.717, 1.165) is 23.8 Å². The number of aryl methyl sites for hydroxylation is 1. The Balaban J connectivity index is 1.92. The number of fused-ring (bicyclic) bond motifs is 1. The summed E-state index contributed by atoms with van der Waals surface area (Å²) in [6.07, 6.45) is -6.02. The molecule has 3 aromatic carbocycles. The second-order valence-corrected chi connectivity index (χ2v) is 13.9. The monoisotopic (exact) mass is 712 g/mol. The van der Waals surface area contributed by atoms with Gasteiger partial charge in [0.05, 0.1) is 38.1 Å². The topological polar surface area (TPSA) is 131 Å². The summed E-state index contributed by atoms with van der Waals surface area (Å²) >= 11 is 6.53. The van der Waals surface area contributed by atoms with Crippen LogP contribution in [0.15, 0.2) is 59.5 Å². The van der Waals surface area contributed by atoms with Crippen LogP contribution < -0.4 is 23.8 Å². The fourth-order valence-electron chi connectivity index (χ4n) is 7.04. The van der Waals surface area contributed by atoms with Gasteiger partial charge in [0.1, 0.15) is 29.0 Å². The summed E-state index contributed by atoms with van der Waals surface area (Å²) in [5, 5.41) is 13.8. The molecule has 258 valence electrons. The molecule has 0 spiro atoms. The van der Waals surface area contributed by atoms with Crippen LogP contribution in [0.2, 0.25) is 5.02 Å².